The molecule has 0 saturated heterocycles. The molecule has 0 atom stereocenters. The van der Waals surface area contributed by atoms with Crippen molar-refractivity contribution in [2.75, 3.05) is 46.1 Å². The zero-order chi connectivity index (χ0) is 15.2. The summed E-state index contributed by atoms with van der Waals surface area (Å²) in [6, 6.07) is 4.87. The molecule has 0 radical (unpaired) electrons. The van der Waals surface area contributed by atoms with Crippen molar-refractivity contribution in [1.29, 1.82) is 0 Å². The van der Waals surface area contributed by atoms with Crippen molar-refractivity contribution in [3.8, 4) is 0 Å². The van der Waals surface area contributed by atoms with E-state index in [1.165, 1.54) is 6.07 Å². The number of rotatable bonds is 8. The SMILES string of the molecule is COCCN(C)CCNS(=O)(=O)c1cc(N)ccc1C. The van der Waals surface area contributed by atoms with Gasteiger partial charge in [0.1, 0.15) is 0 Å². The number of methoxy groups -OCH3 is 1. The van der Waals surface area contributed by atoms with Gasteiger partial charge in [0, 0.05) is 32.4 Å². The Hall–Kier alpha value is -1.15. The molecule has 0 aliphatic carbocycles. The van der Waals surface area contributed by atoms with Gasteiger partial charge in [0.15, 0.2) is 0 Å². The molecule has 0 aromatic heterocycles. The number of aryl methyl sites for hydroxylation is 1. The van der Waals surface area contributed by atoms with E-state index in [1.807, 2.05) is 11.9 Å². The van der Waals surface area contributed by atoms with E-state index < -0.39 is 10.0 Å². The minimum atomic E-state index is -3.52. The summed E-state index contributed by atoms with van der Waals surface area (Å²) in [6.07, 6.45) is 0. The molecule has 0 saturated carbocycles. The molecule has 114 valence electrons. The molecule has 0 unspecified atom stereocenters. The van der Waals surface area contributed by atoms with Crippen LogP contribution in [0, 0.1) is 6.92 Å². The van der Waals surface area contributed by atoms with Crippen LogP contribution in [0.3, 0.4) is 0 Å². The normalized spacial score (nSPS) is 12.0. The second kappa shape index (κ2) is 7.58. The van der Waals surface area contributed by atoms with Gasteiger partial charge in [-0.2, -0.15) is 0 Å². The molecule has 0 amide bonds. The largest absolute Gasteiger partial charge is 0.399 e. The van der Waals surface area contributed by atoms with Crippen LogP contribution in [0.4, 0.5) is 5.69 Å². The third-order valence-electron chi connectivity index (χ3n) is 2.96. The molecule has 0 fully saturated rings. The van der Waals surface area contributed by atoms with Crippen LogP contribution in [0.2, 0.25) is 0 Å². The van der Waals surface area contributed by atoms with E-state index in [4.69, 9.17) is 10.5 Å². The number of nitrogens with zero attached hydrogens (tertiary/aromatic N) is 1. The second-order valence-electron chi connectivity index (χ2n) is 4.72. The Morgan fingerprint density at radius 1 is 1.35 bits per heavy atom. The number of anilines is 1. The Kier molecular flexibility index (Phi) is 6.41. The summed E-state index contributed by atoms with van der Waals surface area (Å²) in [7, 11) is 0.0362. The van der Waals surface area contributed by atoms with Crippen LogP contribution in [0.25, 0.3) is 0 Å². The monoisotopic (exact) mass is 301 g/mol. The van der Waals surface area contributed by atoms with Gasteiger partial charge in [-0.15, -0.1) is 0 Å². The summed E-state index contributed by atoms with van der Waals surface area (Å²) < 4.78 is 31.9. The quantitative estimate of drug-likeness (QED) is 0.680. The Morgan fingerprint density at radius 2 is 2.05 bits per heavy atom. The summed E-state index contributed by atoms with van der Waals surface area (Å²) in [4.78, 5) is 2.23. The van der Waals surface area contributed by atoms with Gasteiger partial charge in [0.2, 0.25) is 10.0 Å². The van der Waals surface area contributed by atoms with Gasteiger partial charge in [-0.25, -0.2) is 13.1 Å². The number of hydrogen-bond donors (Lipinski definition) is 2. The molecule has 3 N–H and O–H groups in total. The maximum absolute atomic E-state index is 12.2. The zero-order valence-electron chi connectivity index (χ0n) is 12.2. The van der Waals surface area contributed by atoms with Gasteiger partial charge in [0.05, 0.1) is 11.5 Å². The standard InChI is InChI=1S/C13H23N3O3S/c1-11-4-5-12(14)10-13(11)20(17,18)15-6-7-16(2)8-9-19-3/h4-5,10,15H,6-9,14H2,1-3H3. The maximum Gasteiger partial charge on any atom is 0.240 e. The highest BCUT2D eigenvalue weighted by Gasteiger charge is 2.16. The van der Waals surface area contributed by atoms with Gasteiger partial charge >= 0.3 is 0 Å². The first-order chi connectivity index (χ1) is 9.36. The molecule has 0 heterocycles. The highest BCUT2D eigenvalue weighted by molar-refractivity contribution is 7.89. The molecule has 1 rings (SSSR count). The summed E-state index contributed by atoms with van der Waals surface area (Å²) in [5.74, 6) is 0. The van der Waals surface area contributed by atoms with E-state index >= 15 is 0 Å². The van der Waals surface area contributed by atoms with Crippen LogP contribution >= 0.6 is 0 Å². The van der Waals surface area contributed by atoms with E-state index in [1.54, 1.807) is 26.2 Å². The van der Waals surface area contributed by atoms with E-state index in [2.05, 4.69) is 4.72 Å². The topological polar surface area (TPSA) is 84.7 Å². The van der Waals surface area contributed by atoms with Crippen molar-refractivity contribution in [3.63, 3.8) is 0 Å². The molecule has 7 heteroatoms. The summed E-state index contributed by atoms with van der Waals surface area (Å²) >= 11 is 0. The lowest BCUT2D eigenvalue weighted by atomic mass is 10.2. The van der Waals surface area contributed by atoms with Crippen LogP contribution < -0.4 is 10.5 Å². The van der Waals surface area contributed by atoms with Crippen molar-refractivity contribution in [1.82, 2.24) is 9.62 Å². The maximum atomic E-state index is 12.2. The fourth-order valence-corrected chi connectivity index (χ4v) is 3.01. The van der Waals surface area contributed by atoms with Crippen molar-refractivity contribution >= 4 is 15.7 Å². The van der Waals surface area contributed by atoms with E-state index in [0.717, 1.165) is 6.54 Å². The highest BCUT2D eigenvalue weighted by atomic mass is 32.2. The molecule has 0 aliphatic heterocycles. The number of nitrogen functional groups attached to an aromatic ring is 1. The summed E-state index contributed by atoms with van der Waals surface area (Å²) in [6.45, 7) is 4.09. The minimum absolute atomic E-state index is 0.233. The Bertz CT molecular complexity index is 532. The number of benzene rings is 1. The van der Waals surface area contributed by atoms with Crippen molar-refractivity contribution < 1.29 is 13.2 Å². The van der Waals surface area contributed by atoms with E-state index in [-0.39, 0.29) is 4.90 Å². The third kappa shape index (κ3) is 5.09. The lowest BCUT2D eigenvalue weighted by molar-refractivity contribution is 0.162. The van der Waals surface area contributed by atoms with Gasteiger partial charge in [-0.1, -0.05) is 6.07 Å². The van der Waals surface area contributed by atoms with Crippen molar-refractivity contribution in [2.45, 2.75) is 11.8 Å². The number of ether oxygens (including phenoxy) is 1. The van der Waals surface area contributed by atoms with Gasteiger partial charge in [-0.05, 0) is 31.7 Å². The highest BCUT2D eigenvalue weighted by Crippen LogP contribution is 2.17. The van der Waals surface area contributed by atoms with Crippen LogP contribution in [0.15, 0.2) is 23.1 Å². The molecular weight excluding hydrogens is 278 g/mol. The number of nitrogens with one attached hydrogen (secondary N) is 1. The predicted molar refractivity (Wildman–Crippen MR) is 80.2 cm³/mol. The first-order valence-corrected chi connectivity index (χ1v) is 7.88. The molecule has 0 aliphatic rings. The van der Waals surface area contributed by atoms with Gasteiger partial charge < -0.3 is 15.4 Å². The summed E-state index contributed by atoms with van der Waals surface area (Å²) in [5.41, 5.74) is 6.76. The van der Waals surface area contributed by atoms with Crippen LogP contribution in [0.1, 0.15) is 5.56 Å². The minimum Gasteiger partial charge on any atom is -0.399 e. The lowest BCUT2D eigenvalue weighted by Gasteiger charge is -2.16. The van der Waals surface area contributed by atoms with E-state index in [0.29, 0.717) is 30.9 Å². The molecule has 6 nitrogen and oxygen atoms in total. The fourth-order valence-electron chi connectivity index (χ4n) is 1.71. The average Bonchev–Trinajstić information content (AvgIpc) is 2.38. The Labute approximate surface area is 121 Å². The number of hydrogen-bond acceptors (Lipinski definition) is 5. The molecule has 0 spiro atoms. The van der Waals surface area contributed by atoms with Crippen molar-refractivity contribution in [2.24, 2.45) is 0 Å². The molecule has 0 bridgehead atoms. The molecular formula is C13H23N3O3S. The Morgan fingerprint density at radius 3 is 2.70 bits per heavy atom. The Balaban J connectivity index is 2.60. The predicted octanol–water partition coefficient (Wildman–Crippen LogP) is 0.434. The number of sulfonamides is 1. The smallest absolute Gasteiger partial charge is 0.240 e. The zero-order valence-corrected chi connectivity index (χ0v) is 13.0. The van der Waals surface area contributed by atoms with Gasteiger partial charge in [0.25, 0.3) is 0 Å². The van der Waals surface area contributed by atoms with Crippen molar-refractivity contribution in [3.05, 3.63) is 23.8 Å². The first-order valence-electron chi connectivity index (χ1n) is 6.40. The molecule has 20 heavy (non-hydrogen) atoms. The number of nitrogens with two attached hydrogens (primary N) is 1. The first kappa shape index (κ1) is 16.9. The average molecular weight is 301 g/mol. The number of likely N-dealkylation sites (N-methyl/N-ethyl adjacent to an activating group) is 1. The second-order valence-corrected chi connectivity index (χ2v) is 6.45. The van der Waals surface area contributed by atoms with Crippen LogP contribution in [0.5, 0.6) is 0 Å². The molecule has 1 aromatic carbocycles. The van der Waals surface area contributed by atoms with Gasteiger partial charge in [-0.3, -0.25) is 0 Å². The van der Waals surface area contributed by atoms with E-state index in [9.17, 15) is 8.42 Å². The van der Waals surface area contributed by atoms with Crippen LogP contribution in [-0.2, 0) is 14.8 Å². The fraction of sp³-hybridized carbons (Fsp3) is 0.538. The van der Waals surface area contributed by atoms with Crippen LogP contribution in [-0.4, -0.2) is 53.7 Å². The molecule has 1 aromatic rings. The lowest BCUT2D eigenvalue weighted by Crippen LogP contribution is -2.34. The third-order valence-corrected chi connectivity index (χ3v) is 4.57. The summed E-state index contributed by atoms with van der Waals surface area (Å²) in [5, 5.41) is 0.